The van der Waals surface area contributed by atoms with Crippen LogP contribution in [-0.4, -0.2) is 40.0 Å². The van der Waals surface area contributed by atoms with E-state index in [0.717, 1.165) is 16.7 Å². The summed E-state index contributed by atoms with van der Waals surface area (Å²) in [6.45, 7) is 5.46. The van der Waals surface area contributed by atoms with Crippen molar-refractivity contribution in [1.29, 1.82) is 0 Å². The summed E-state index contributed by atoms with van der Waals surface area (Å²) in [5.74, 6) is 0.611. The van der Waals surface area contributed by atoms with Crippen LogP contribution in [0.25, 0.3) is 16.7 Å². The van der Waals surface area contributed by atoms with Crippen LogP contribution >= 0.6 is 0 Å². The fraction of sp³-hybridized carbons (Fsp3) is 0.269. The quantitative estimate of drug-likeness (QED) is 0.586. The molecule has 0 aliphatic carbocycles. The van der Waals surface area contributed by atoms with Crippen molar-refractivity contribution in [2.75, 3.05) is 18.5 Å². The van der Waals surface area contributed by atoms with E-state index in [4.69, 9.17) is 9.72 Å². The van der Waals surface area contributed by atoms with E-state index in [1.54, 1.807) is 11.0 Å². The first-order valence-corrected chi connectivity index (χ1v) is 11.1. The van der Waals surface area contributed by atoms with E-state index < -0.39 is 0 Å². The second-order valence-corrected chi connectivity index (χ2v) is 8.49. The number of amides is 1. The number of benzene rings is 2. The third-order valence-electron chi connectivity index (χ3n) is 5.99. The highest BCUT2D eigenvalue weighted by Crippen LogP contribution is 2.33. The van der Waals surface area contributed by atoms with Crippen LogP contribution in [0.1, 0.15) is 42.1 Å². The molecule has 6 nitrogen and oxygen atoms in total. The number of nitrogens with one attached hydrogen (secondary N) is 1. The third-order valence-corrected chi connectivity index (χ3v) is 5.99. The van der Waals surface area contributed by atoms with Crippen molar-refractivity contribution in [2.24, 2.45) is 0 Å². The number of anilines is 2. The highest BCUT2D eigenvalue weighted by atomic mass is 19.1. The molecular formula is C26H25FN4O2. The number of carbonyl (C=O) groups excluding carboxylic acids is 1. The standard InChI is InChI=1S/C26H25FN4O2/c1-16(2)31-15-21-23(26(31)32)29-24(18-10-12-33-13-11-18)30-25(21)28-19-8-9-20(22(27)14-19)17-6-4-3-5-7-17/h3-10,14,16H,11-13,15H2,1-2H3,(H,28,29,30). The van der Waals surface area contributed by atoms with Gasteiger partial charge in [-0.25, -0.2) is 14.4 Å². The molecule has 0 saturated carbocycles. The van der Waals surface area contributed by atoms with Gasteiger partial charge in [-0.15, -0.1) is 0 Å². The SMILES string of the molecule is CC(C)N1Cc2c(Nc3ccc(-c4ccccc4)c(F)c3)nc(C3=CCOCC3)nc2C1=O. The molecule has 1 aromatic heterocycles. The van der Waals surface area contributed by atoms with Crippen molar-refractivity contribution in [3.05, 3.63) is 77.5 Å². The molecule has 1 N–H and O–H groups in total. The lowest BCUT2D eigenvalue weighted by molar-refractivity contribution is 0.0726. The Kier molecular flexibility index (Phi) is 5.64. The fourth-order valence-corrected chi connectivity index (χ4v) is 4.16. The van der Waals surface area contributed by atoms with Crippen LogP contribution in [0.2, 0.25) is 0 Å². The number of nitrogens with zero attached hydrogens (tertiary/aromatic N) is 3. The Labute approximate surface area is 192 Å². The zero-order valence-electron chi connectivity index (χ0n) is 18.6. The van der Waals surface area contributed by atoms with Gasteiger partial charge in [0.05, 0.1) is 19.8 Å². The molecule has 33 heavy (non-hydrogen) atoms. The second kappa shape index (κ2) is 8.75. The van der Waals surface area contributed by atoms with Crippen molar-refractivity contribution in [3.63, 3.8) is 0 Å². The van der Waals surface area contributed by atoms with E-state index in [1.807, 2.05) is 56.3 Å². The average Bonchev–Trinajstić information content (AvgIpc) is 3.17. The number of halogens is 1. The van der Waals surface area contributed by atoms with E-state index in [9.17, 15) is 9.18 Å². The van der Waals surface area contributed by atoms with Crippen LogP contribution in [0.5, 0.6) is 0 Å². The van der Waals surface area contributed by atoms with Gasteiger partial charge in [0, 0.05) is 22.9 Å². The summed E-state index contributed by atoms with van der Waals surface area (Å²) in [6, 6.07) is 14.5. The zero-order chi connectivity index (χ0) is 22.9. The summed E-state index contributed by atoms with van der Waals surface area (Å²) in [5, 5.41) is 3.25. The molecule has 168 valence electrons. The van der Waals surface area contributed by atoms with Gasteiger partial charge in [-0.2, -0.15) is 0 Å². The minimum absolute atomic E-state index is 0.0351. The lowest BCUT2D eigenvalue weighted by atomic mass is 10.0. The Bertz CT molecular complexity index is 1240. The van der Waals surface area contributed by atoms with Gasteiger partial charge in [0.25, 0.3) is 5.91 Å². The van der Waals surface area contributed by atoms with Crippen molar-refractivity contribution in [1.82, 2.24) is 14.9 Å². The van der Waals surface area contributed by atoms with Gasteiger partial charge in [0.1, 0.15) is 17.3 Å². The van der Waals surface area contributed by atoms with Crippen molar-refractivity contribution < 1.29 is 13.9 Å². The molecule has 2 aliphatic heterocycles. The van der Waals surface area contributed by atoms with Crippen LogP contribution in [0.3, 0.4) is 0 Å². The summed E-state index contributed by atoms with van der Waals surface area (Å²) in [7, 11) is 0. The number of fused-ring (bicyclic) bond motifs is 1. The highest BCUT2D eigenvalue weighted by molar-refractivity contribution is 5.98. The molecule has 0 spiro atoms. The molecule has 7 heteroatoms. The van der Waals surface area contributed by atoms with Crippen molar-refractivity contribution >= 4 is 23.0 Å². The molecule has 0 radical (unpaired) electrons. The van der Waals surface area contributed by atoms with E-state index in [2.05, 4.69) is 10.3 Å². The Balaban J connectivity index is 1.53. The fourth-order valence-electron chi connectivity index (χ4n) is 4.16. The number of hydrogen-bond donors (Lipinski definition) is 1. The largest absolute Gasteiger partial charge is 0.377 e. The minimum Gasteiger partial charge on any atom is -0.377 e. The summed E-state index contributed by atoms with van der Waals surface area (Å²) >= 11 is 0. The minimum atomic E-state index is -0.329. The lowest BCUT2D eigenvalue weighted by Gasteiger charge is -2.19. The zero-order valence-corrected chi connectivity index (χ0v) is 18.6. The lowest BCUT2D eigenvalue weighted by Crippen LogP contribution is -2.31. The normalized spacial score (nSPS) is 15.6. The molecule has 0 saturated heterocycles. The maximum atomic E-state index is 15.0. The van der Waals surface area contributed by atoms with Crippen molar-refractivity contribution in [3.8, 4) is 11.1 Å². The first-order chi connectivity index (χ1) is 16.0. The molecular weight excluding hydrogens is 419 g/mol. The Morgan fingerprint density at radius 1 is 1.12 bits per heavy atom. The van der Waals surface area contributed by atoms with Crippen LogP contribution < -0.4 is 5.32 Å². The summed E-state index contributed by atoms with van der Waals surface area (Å²) in [5.41, 5.74) is 4.01. The summed E-state index contributed by atoms with van der Waals surface area (Å²) < 4.78 is 20.4. The van der Waals surface area contributed by atoms with Gasteiger partial charge >= 0.3 is 0 Å². The summed E-state index contributed by atoms with van der Waals surface area (Å²) in [4.78, 5) is 24.2. The second-order valence-electron chi connectivity index (χ2n) is 8.49. The monoisotopic (exact) mass is 444 g/mol. The molecule has 0 fully saturated rings. The van der Waals surface area contributed by atoms with Crippen LogP contribution in [0, 0.1) is 5.82 Å². The molecule has 3 heterocycles. The Hall–Kier alpha value is -3.58. The molecule has 2 aromatic carbocycles. The number of carbonyl (C=O) groups is 1. The maximum absolute atomic E-state index is 15.0. The molecule has 1 amide bonds. The van der Waals surface area contributed by atoms with Gasteiger partial charge in [-0.05, 0) is 49.6 Å². The van der Waals surface area contributed by atoms with Gasteiger partial charge in [-0.3, -0.25) is 4.79 Å². The van der Waals surface area contributed by atoms with Crippen LogP contribution in [0.15, 0.2) is 54.6 Å². The predicted octanol–water partition coefficient (Wildman–Crippen LogP) is 5.19. The molecule has 5 rings (SSSR count). The molecule has 0 atom stereocenters. The smallest absolute Gasteiger partial charge is 0.273 e. The topological polar surface area (TPSA) is 67.3 Å². The van der Waals surface area contributed by atoms with Crippen LogP contribution in [0.4, 0.5) is 15.9 Å². The number of aromatic nitrogens is 2. The molecule has 0 bridgehead atoms. The summed E-state index contributed by atoms with van der Waals surface area (Å²) in [6.07, 6.45) is 2.63. The number of rotatable bonds is 5. The number of ether oxygens (including phenoxy) is 1. The average molecular weight is 445 g/mol. The van der Waals surface area contributed by atoms with Gasteiger partial charge in [0.2, 0.25) is 0 Å². The predicted molar refractivity (Wildman–Crippen MR) is 126 cm³/mol. The van der Waals surface area contributed by atoms with Gasteiger partial charge in [-0.1, -0.05) is 36.4 Å². The highest BCUT2D eigenvalue weighted by Gasteiger charge is 2.34. The van der Waals surface area contributed by atoms with Gasteiger partial charge < -0.3 is 15.0 Å². The Morgan fingerprint density at radius 2 is 1.94 bits per heavy atom. The first kappa shape index (κ1) is 21.3. The molecule has 3 aromatic rings. The van der Waals surface area contributed by atoms with E-state index in [-0.39, 0.29) is 17.8 Å². The van der Waals surface area contributed by atoms with E-state index in [1.165, 1.54) is 6.07 Å². The van der Waals surface area contributed by atoms with E-state index >= 15 is 0 Å². The maximum Gasteiger partial charge on any atom is 0.273 e. The number of hydrogen-bond acceptors (Lipinski definition) is 5. The molecule has 0 unspecified atom stereocenters. The van der Waals surface area contributed by atoms with Gasteiger partial charge in [0.15, 0.2) is 5.82 Å². The molecule has 2 aliphatic rings. The van der Waals surface area contributed by atoms with Crippen LogP contribution in [-0.2, 0) is 11.3 Å². The first-order valence-electron chi connectivity index (χ1n) is 11.1. The Morgan fingerprint density at radius 3 is 2.64 bits per heavy atom. The third kappa shape index (κ3) is 4.12. The van der Waals surface area contributed by atoms with Crippen molar-refractivity contribution in [2.45, 2.75) is 32.9 Å². The van der Waals surface area contributed by atoms with E-state index in [0.29, 0.717) is 54.8 Å².